The molecule has 1 aromatic rings. The summed E-state index contributed by atoms with van der Waals surface area (Å²) in [6.07, 6.45) is 0.339. The lowest BCUT2D eigenvalue weighted by Gasteiger charge is -2.22. The Morgan fingerprint density at radius 3 is 2.74 bits per heavy atom. The van der Waals surface area contributed by atoms with Crippen molar-refractivity contribution in [3.8, 4) is 5.75 Å². The minimum absolute atomic E-state index is 0.0893. The second-order valence-corrected chi connectivity index (χ2v) is 4.50. The van der Waals surface area contributed by atoms with Gasteiger partial charge in [0.2, 0.25) is 0 Å². The molecule has 106 valence electrons. The summed E-state index contributed by atoms with van der Waals surface area (Å²) in [6, 6.07) is 7.19. The van der Waals surface area contributed by atoms with Gasteiger partial charge in [0.05, 0.1) is 19.8 Å². The molecule has 19 heavy (non-hydrogen) atoms. The number of para-hydroxylation sites is 1. The molecule has 1 unspecified atom stereocenters. The second-order valence-electron chi connectivity index (χ2n) is 4.50. The van der Waals surface area contributed by atoms with Crippen LogP contribution in [0.3, 0.4) is 0 Å². The van der Waals surface area contributed by atoms with Crippen LogP contribution in [0.4, 0.5) is 0 Å². The molecular formula is C14H21NO4. The van der Waals surface area contributed by atoms with Crippen molar-refractivity contribution in [3.63, 3.8) is 0 Å². The van der Waals surface area contributed by atoms with Crippen molar-refractivity contribution in [2.45, 2.75) is 32.4 Å². The van der Waals surface area contributed by atoms with Crippen LogP contribution in [0.15, 0.2) is 24.3 Å². The maximum absolute atomic E-state index is 11.6. The number of rotatable bonds is 7. The average Bonchev–Trinajstić information content (AvgIpc) is 2.39. The minimum atomic E-state index is -1.07. The van der Waals surface area contributed by atoms with Crippen LogP contribution in [0.1, 0.15) is 25.8 Å². The molecule has 1 rings (SSSR count). The Bertz CT molecular complexity index is 418. The molecule has 0 heterocycles. The number of aliphatic hydroxyl groups excluding tert-OH is 1. The number of esters is 1. The van der Waals surface area contributed by atoms with Gasteiger partial charge in [0.25, 0.3) is 0 Å². The molecule has 0 fully saturated rings. The van der Waals surface area contributed by atoms with Crippen molar-refractivity contribution < 1.29 is 19.4 Å². The molecule has 0 saturated carbocycles. The number of hydrogen-bond donors (Lipinski definition) is 2. The van der Waals surface area contributed by atoms with Crippen LogP contribution in [0.25, 0.3) is 0 Å². The largest absolute Gasteiger partial charge is 0.493 e. The van der Waals surface area contributed by atoms with Gasteiger partial charge in [-0.3, -0.25) is 4.79 Å². The number of nitrogens with two attached hydrogens (primary N) is 1. The Labute approximate surface area is 113 Å². The van der Waals surface area contributed by atoms with Crippen LogP contribution in [-0.2, 0) is 16.1 Å². The van der Waals surface area contributed by atoms with Gasteiger partial charge in [-0.15, -0.1) is 0 Å². The zero-order valence-corrected chi connectivity index (χ0v) is 11.4. The fourth-order valence-corrected chi connectivity index (χ4v) is 1.55. The summed E-state index contributed by atoms with van der Waals surface area (Å²) in [5.41, 5.74) is 5.52. The lowest BCUT2D eigenvalue weighted by molar-refractivity contribution is -0.149. The summed E-state index contributed by atoms with van der Waals surface area (Å²) in [4.78, 5) is 11.6. The number of benzene rings is 1. The summed E-state index contributed by atoms with van der Waals surface area (Å²) in [5, 5.41) is 9.16. The summed E-state index contributed by atoms with van der Waals surface area (Å²) < 4.78 is 10.4. The van der Waals surface area contributed by atoms with E-state index >= 15 is 0 Å². The Kier molecular flexibility index (Phi) is 5.79. The molecule has 0 amide bonds. The molecule has 5 nitrogen and oxygen atoms in total. The monoisotopic (exact) mass is 267 g/mol. The second kappa shape index (κ2) is 7.11. The highest BCUT2D eigenvalue weighted by molar-refractivity contribution is 5.79. The molecule has 0 spiro atoms. The zero-order valence-electron chi connectivity index (χ0n) is 11.4. The van der Waals surface area contributed by atoms with E-state index in [9.17, 15) is 4.79 Å². The normalized spacial score (nSPS) is 13.7. The molecule has 0 aliphatic rings. The van der Waals surface area contributed by atoms with Gasteiger partial charge in [0, 0.05) is 12.0 Å². The van der Waals surface area contributed by atoms with Crippen molar-refractivity contribution in [1.82, 2.24) is 0 Å². The number of carbonyl (C=O) groups is 1. The Hall–Kier alpha value is -1.59. The van der Waals surface area contributed by atoms with Gasteiger partial charge in [-0.2, -0.15) is 0 Å². The van der Waals surface area contributed by atoms with Crippen LogP contribution >= 0.6 is 0 Å². The lowest BCUT2D eigenvalue weighted by Crippen LogP contribution is -2.47. The third-order valence-electron chi connectivity index (χ3n) is 2.76. The van der Waals surface area contributed by atoms with Gasteiger partial charge in [0.15, 0.2) is 0 Å². The first-order valence-corrected chi connectivity index (χ1v) is 6.29. The molecule has 1 aromatic carbocycles. The van der Waals surface area contributed by atoms with E-state index in [4.69, 9.17) is 20.3 Å². The van der Waals surface area contributed by atoms with E-state index in [0.29, 0.717) is 24.3 Å². The standard InChI is InChI=1S/C14H21NO4/c1-3-18-13(17)14(2,15)8-9-19-12-7-5-4-6-11(12)10-16/h4-7,16H,3,8-10,15H2,1-2H3. The van der Waals surface area contributed by atoms with Gasteiger partial charge in [-0.25, -0.2) is 0 Å². The number of carbonyl (C=O) groups excluding carboxylic acids is 1. The molecule has 0 aliphatic carbocycles. The summed E-state index contributed by atoms with van der Waals surface area (Å²) in [6.45, 7) is 3.85. The molecule has 0 radical (unpaired) electrons. The molecule has 0 bridgehead atoms. The summed E-state index contributed by atoms with van der Waals surface area (Å²) >= 11 is 0. The van der Waals surface area contributed by atoms with Crippen LogP contribution < -0.4 is 10.5 Å². The highest BCUT2D eigenvalue weighted by atomic mass is 16.5. The molecule has 0 aliphatic heterocycles. The van der Waals surface area contributed by atoms with Gasteiger partial charge in [-0.1, -0.05) is 18.2 Å². The van der Waals surface area contributed by atoms with E-state index in [1.165, 1.54) is 0 Å². The van der Waals surface area contributed by atoms with E-state index in [0.717, 1.165) is 0 Å². The third kappa shape index (κ3) is 4.54. The van der Waals surface area contributed by atoms with Crippen molar-refractivity contribution in [2.75, 3.05) is 13.2 Å². The van der Waals surface area contributed by atoms with Gasteiger partial charge >= 0.3 is 5.97 Å². The van der Waals surface area contributed by atoms with Crippen LogP contribution in [0, 0.1) is 0 Å². The smallest absolute Gasteiger partial charge is 0.325 e. The van der Waals surface area contributed by atoms with E-state index < -0.39 is 11.5 Å². The maximum atomic E-state index is 11.6. The number of ether oxygens (including phenoxy) is 2. The van der Waals surface area contributed by atoms with Gasteiger partial charge < -0.3 is 20.3 Å². The topological polar surface area (TPSA) is 81.8 Å². The molecule has 5 heteroatoms. The van der Waals surface area contributed by atoms with Crippen LogP contribution in [0.5, 0.6) is 5.75 Å². The summed E-state index contributed by atoms with van der Waals surface area (Å²) in [7, 11) is 0. The number of aliphatic hydroxyl groups is 1. The van der Waals surface area contributed by atoms with E-state index in [1.807, 2.05) is 12.1 Å². The first kappa shape index (κ1) is 15.5. The molecule has 3 N–H and O–H groups in total. The molecule has 0 aromatic heterocycles. The first-order valence-electron chi connectivity index (χ1n) is 6.29. The van der Waals surface area contributed by atoms with Gasteiger partial charge in [-0.05, 0) is 19.9 Å². The highest BCUT2D eigenvalue weighted by Crippen LogP contribution is 2.19. The fraction of sp³-hybridized carbons (Fsp3) is 0.500. The Morgan fingerprint density at radius 1 is 1.42 bits per heavy atom. The fourth-order valence-electron chi connectivity index (χ4n) is 1.55. The van der Waals surface area contributed by atoms with E-state index in [1.54, 1.807) is 26.0 Å². The predicted molar refractivity (Wildman–Crippen MR) is 71.7 cm³/mol. The third-order valence-corrected chi connectivity index (χ3v) is 2.76. The average molecular weight is 267 g/mol. The van der Waals surface area contributed by atoms with Crippen LogP contribution in [-0.4, -0.2) is 29.8 Å². The minimum Gasteiger partial charge on any atom is -0.493 e. The van der Waals surface area contributed by atoms with E-state index in [-0.39, 0.29) is 13.2 Å². The van der Waals surface area contributed by atoms with Crippen molar-refractivity contribution >= 4 is 5.97 Å². The number of hydrogen-bond acceptors (Lipinski definition) is 5. The first-order chi connectivity index (χ1) is 9.01. The summed E-state index contributed by atoms with van der Waals surface area (Å²) in [5.74, 6) is 0.165. The molecular weight excluding hydrogens is 246 g/mol. The van der Waals surface area contributed by atoms with Crippen LogP contribution in [0.2, 0.25) is 0 Å². The van der Waals surface area contributed by atoms with Crippen molar-refractivity contribution in [3.05, 3.63) is 29.8 Å². The van der Waals surface area contributed by atoms with Crippen molar-refractivity contribution in [2.24, 2.45) is 5.73 Å². The van der Waals surface area contributed by atoms with Gasteiger partial charge in [0.1, 0.15) is 11.3 Å². The quantitative estimate of drug-likeness (QED) is 0.726. The maximum Gasteiger partial charge on any atom is 0.325 e. The zero-order chi connectivity index (χ0) is 14.3. The lowest BCUT2D eigenvalue weighted by atomic mass is 10.0. The highest BCUT2D eigenvalue weighted by Gasteiger charge is 2.29. The molecule has 0 saturated heterocycles. The molecule has 1 atom stereocenters. The SMILES string of the molecule is CCOC(=O)C(C)(N)CCOc1ccccc1CO. The van der Waals surface area contributed by atoms with Crippen molar-refractivity contribution in [1.29, 1.82) is 0 Å². The Morgan fingerprint density at radius 2 is 2.11 bits per heavy atom. The van der Waals surface area contributed by atoms with E-state index in [2.05, 4.69) is 0 Å². The Balaban J connectivity index is 2.51. The predicted octanol–water partition coefficient (Wildman–Crippen LogP) is 1.23.